The molecule has 1 aliphatic heterocycles. The lowest BCUT2D eigenvalue weighted by Gasteiger charge is -2.64. The van der Waals surface area contributed by atoms with Crippen LogP contribution in [0.4, 0.5) is 4.39 Å². The molecule has 5 N–H and O–H groups in total. The minimum absolute atomic E-state index is 0.00553. The number of hydrogen-bond donors (Lipinski definition) is 4. The Balaban J connectivity index is 1.47. The van der Waals surface area contributed by atoms with Crippen molar-refractivity contribution in [1.29, 1.82) is 0 Å². The Labute approximate surface area is 231 Å². The zero-order valence-electron chi connectivity index (χ0n) is 23.2. The maximum atomic E-state index is 16.1. The van der Waals surface area contributed by atoms with Crippen molar-refractivity contribution in [1.82, 2.24) is 9.80 Å². The molecule has 0 bridgehead atoms. The predicted molar refractivity (Wildman–Crippen MR) is 141 cm³/mol. The first-order chi connectivity index (χ1) is 18.9. The summed E-state index contributed by atoms with van der Waals surface area (Å²) in [5, 5.41) is 33.7. The average molecular weight is 558 g/mol. The lowest BCUT2D eigenvalue weighted by Crippen LogP contribution is -2.81. The molecule has 0 radical (unpaired) electrons. The van der Waals surface area contributed by atoms with Gasteiger partial charge in [0.2, 0.25) is 11.4 Å². The summed E-state index contributed by atoms with van der Waals surface area (Å²) in [5.41, 5.74) is 2.35. The minimum atomic E-state index is -1.76. The SMILES string of the molecule is CCCN(Cc1cc(O)c2c(c1F)C[C@H]1C[C@H]3[C@H](N(C)C)C(O)=C(C(N)=O)C4(C)OO[C@]34C(=O)C1=C2O)C1CC1. The van der Waals surface area contributed by atoms with Gasteiger partial charge in [-0.15, -0.1) is 0 Å². The number of ketones is 1. The number of hydrogen-bond acceptors (Lipinski definition) is 9. The van der Waals surface area contributed by atoms with Crippen molar-refractivity contribution >= 4 is 17.4 Å². The van der Waals surface area contributed by atoms with E-state index in [9.17, 15) is 24.9 Å². The van der Waals surface area contributed by atoms with Gasteiger partial charge in [-0.05, 0) is 71.7 Å². The van der Waals surface area contributed by atoms with Gasteiger partial charge in [0.25, 0.3) is 5.91 Å². The highest BCUT2D eigenvalue weighted by atomic mass is 19.1. The number of benzene rings is 1. The van der Waals surface area contributed by atoms with Gasteiger partial charge < -0.3 is 21.1 Å². The summed E-state index contributed by atoms with van der Waals surface area (Å²) < 4.78 is 16.1. The predicted octanol–water partition coefficient (Wildman–Crippen LogP) is 2.64. The quantitative estimate of drug-likeness (QED) is 0.372. The van der Waals surface area contributed by atoms with E-state index in [2.05, 4.69) is 11.8 Å². The molecule has 10 nitrogen and oxygen atoms in total. The molecule has 1 aromatic carbocycles. The van der Waals surface area contributed by atoms with Gasteiger partial charge in [-0.1, -0.05) is 6.92 Å². The first-order valence-electron chi connectivity index (χ1n) is 13.9. The zero-order valence-corrected chi connectivity index (χ0v) is 23.2. The molecule has 2 saturated carbocycles. The molecule has 1 heterocycles. The Morgan fingerprint density at radius 3 is 2.48 bits per heavy atom. The molecule has 216 valence electrons. The minimum Gasteiger partial charge on any atom is -0.510 e. The number of aromatic hydroxyl groups is 1. The Kier molecular flexibility index (Phi) is 6.12. The van der Waals surface area contributed by atoms with Crippen LogP contribution in [0.2, 0.25) is 0 Å². The Morgan fingerprint density at radius 2 is 1.93 bits per heavy atom. The number of aliphatic hydroxyl groups excluding tert-OH is 2. The van der Waals surface area contributed by atoms with Crippen molar-refractivity contribution in [2.45, 2.75) is 75.8 Å². The standard InChI is InChI=1S/C29H36FN3O7/c1-5-8-33(15-6-7-15)12-14-11-18(34)20-16(22(14)30)9-13-10-17-23(32(3)4)25(36)21(27(31)38)28(2)29(17,40-39-28)26(37)19(13)24(20)35/h11,13,15,17,23,34-36H,5-10,12H2,1-4H3,(H2,31,38)/t13-,17-,23-,28?,29-/m0/s1. The van der Waals surface area contributed by atoms with Crippen molar-refractivity contribution in [2.75, 3.05) is 20.6 Å². The average Bonchev–Trinajstić information content (AvgIpc) is 3.70. The molecule has 1 saturated heterocycles. The fraction of sp³-hybridized carbons (Fsp3) is 0.586. The van der Waals surface area contributed by atoms with Crippen LogP contribution >= 0.6 is 0 Å². The van der Waals surface area contributed by atoms with Crippen LogP contribution < -0.4 is 5.73 Å². The molecule has 1 unspecified atom stereocenters. The van der Waals surface area contributed by atoms with Crippen LogP contribution in [0, 0.1) is 17.7 Å². The second-order valence-corrected chi connectivity index (χ2v) is 12.2. The Bertz CT molecular complexity index is 1390. The number of aliphatic hydroxyl groups is 2. The van der Waals surface area contributed by atoms with Crippen molar-refractivity contribution in [3.63, 3.8) is 0 Å². The maximum absolute atomic E-state index is 16.1. The van der Waals surface area contributed by atoms with E-state index in [-0.39, 0.29) is 46.6 Å². The van der Waals surface area contributed by atoms with Crippen LogP contribution in [0.5, 0.6) is 5.75 Å². The van der Waals surface area contributed by atoms with Crippen LogP contribution in [0.3, 0.4) is 0 Å². The Hall–Kier alpha value is -2.99. The summed E-state index contributed by atoms with van der Waals surface area (Å²) in [4.78, 5) is 41.7. The highest BCUT2D eigenvalue weighted by Crippen LogP contribution is 2.63. The third kappa shape index (κ3) is 3.41. The summed E-state index contributed by atoms with van der Waals surface area (Å²) in [5.74, 6) is -4.49. The van der Waals surface area contributed by atoms with Crippen molar-refractivity contribution in [3.8, 4) is 5.75 Å². The number of carbonyl (C=O) groups is 2. The smallest absolute Gasteiger partial charge is 0.251 e. The van der Waals surface area contributed by atoms with Gasteiger partial charge in [-0.3, -0.25) is 19.4 Å². The van der Waals surface area contributed by atoms with Gasteiger partial charge in [-0.2, -0.15) is 0 Å². The molecule has 6 rings (SSSR count). The van der Waals surface area contributed by atoms with Crippen LogP contribution in [-0.2, 0) is 32.3 Å². The molecule has 5 atom stereocenters. The topological polar surface area (TPSA) is 146 Å². The molecule has 0 aromatic heterocycles. The highest BCUT2D eigenvalue weighted by Gasteiger charge is 2.79. The van der Waals surface area contributed by atoms with Gasteiger partial charge in [0.05, 0.1) is 17.2 Å². The third-order valence-electron chi connectivity index (χ3n) is 9.60. The van der Waals surface area contributed by atoms with E-state index >= 15 is 4.39 Å². The highest BCUT2D eigenvalue weighted by molar-refractivity contribution is 6.12. The fourth-order valence-corrected chi connectivity index (χ4v) is 7.73. The van der Waals surface area contributed by atoms with Gasteiger partial charge in [0.15, 0.2) is 5.60 Å². The Morgan fingerprint density at radius 1 is 1.23 bits per heavy atom. The first-order valence-corrected chi connectivity index (χ1v) is 13.9. The number of carbonyl (C=O) groups excluding carboxylic acids is 2. The van der Waals surface area contributed by atoms with E-state index in [0.29, 0.717) is 18.2 Å². The number of phenols is 1. The number of Topliss-reactive ketones (excluding diaryl/α,β-unsaturated/α-hetero) is 1. The van der Waals surface area contributed by atoms with Gasteiger partial charge >= 0.3 is 0 Å². The zero-order chi connectivity index (χ0) is 28.9. The van der Waals surface area contributed by atoms with Crippen molar-refractivity contribution in [3.05, 3.63) is 45.5 Å². The molecule has 11 heteroatoms. The molecular formula is C29H36FN3O7. The number of nitrogens with two attached hydrogens (primary N) is 1. The second-order valence-electron chi connectivity index (χ2n) is 12.2. The lowest BCUT2D eigenvalue weighted by atomic mass is 9.52. The van der Waals surface area contributed by atoms with Crippen molar-refractivity contribution < 1.29 is 39.1 Å². The second kappa shape index (κ2) is 9.01. The van der Waals surface area contributed by atoms with E-state index in [1.54, 1.807) is 19.0 Å². The van der Waals surface area contributed by atoms with Crippen LogP contribution in [0.25, 0.3) is 5.76 Å². The van der Waals surface area contributed by atoms with Gasteiger partial charge in [0, 0.05) is 35.2 Å². The van der Waals surface area contributed by atoms with Gasteiger partial charge in [0.1, 0.15) is 23.1 Å². The third-order valence-corrected chi connectivity index (χ3v) is 9.60. The van der Waals surface area contributed by atoms with E-state index < -0.39 is 52.3 Å². The van der Waals surface area contributed by atoms with E-state index in [0.717, 1.165) is 25.8 Å². The number of likely N-dealkylation sites (N-methyl/N-ethyl adjacent to an activating group) is 1. The van der Waals surface area contributed by atoms with Gasteiger partial charge in [-0.25, -0.2) is 14.2 Å². The normalized spacial score (nSPS) is 33.0. The molecule has 40 heavy (non-hydrogen) atoms. The lowest BCUT2D eigenvalue weighted by molar-refractivity contribution is -0.537. The number of fused-ring (bicyclic) bond motifs is 2. The largest absolute Gasteiger partial charge is 0.510 e. The van der Waals surface area contributed by atoms with Crippen LogP contribution in [0.1, 0.15) is 56.2 Å². The number of rotatable bonds is 7. The number of amides is 1. The fourth-order valence-electron chi connectivity index (χ4n) is 7.73. The van der Waals surface area contributed by atoms with E-state index in [4.69, 9.17) is 15.5 Å². The summed E-state index contributed by atoms with van der Waals surface area (Å²) >= 11 is 0. The maximum Gasteiger partial charge on any atom is 0.251 e. The summed E-state index contributed by atoms with van der Waals surface area (Å²) in [6.45, 7) is 4.69. The number of halogens is 1. The first kappa shape index (κ1) is 27.2. The number of primary amides is 1. The molecule has 1 aromatic rings. The monoisotopic (exact) mass is 557 g/mol. The summed E-state index contributed by atoms with van der Waals surface area (Å²) in [6, 6.07) is 0.926. The number of nitrogens with zero attached hydrogens (tertiary/aromatic N) is 2. The van der Waals surface area contributed by atoms with Crippen LogP contribution in [-0.4, -0.2) is 80.7 Å². The van der Waals surface area contributed by atoms with E-state index in [1.807, 2.05) is 0 Å². The number of phenolic OH excluding ortho intramolecular Hbond substituents is 1. The molecule has 3 fully saturated rings. The molecular weight excluding hydrogens is 521 g/mol. The summed E-state index contributed by atoms with van der Waals surface area (Å²) in [7, 11) is 3.40. The van der Waals surface area contributed by atoms with E-state index in [1.165, 1.54) is 13.0 Å². The molecule has 4 aliphatic carbocycles. The van der Waals surface area contributed by atoms with Crippen LogP contribution in [0.15, 0.2) is 23.0 Å². The molecule has 1 spiro atoms. The summed E-state index contributed by atoms with van der Waals surface area (Å²) in [6.07, 6.45) is 3.34. The van der Waals surface area contributed by atoms with Crippen molar-refractivity contribution in [2.24, 2.45) is 17.6 Å². The molecule has 5 aliphatic rings. The molecule has 1 amide bonds.